The first-order valence-electron chi connectivity index (χ1n) is 6.03. The monoisotopic (exact) mass is 240 g/mol. The van der Waals surface area contributed by atoms with Crippen LogP contribution in [0.5, 0.6) is 0 Å². The average molecular weight is 240 g/mol. The highest BCUT2D eigenvalue weighted by atomic mass is 16.1. The van der Waals surface area contributed by atoms with Crippen LogP contribution in [0.25, 0.3) is 0 Å². The van der Waals surface area contributed by atoms with Crippen molar-refractivity contribution in [3.63, 3.8) is 0 Å². The van der Waals surface area contributed by atoms with Gasteiger partial charge >= 0.3 is 0 Å². The Kier molecular flexibility index (Phi) is 3.51. The summed E-state index contributed by atoms with van der Waals surface area (Å²) >= 11 is 0. The number of fused-ring (bicyclic) bond motifs is 1. The first-order valence-corrected chi connectivity index (χ1v) is 6.03. The number of allylic oxidation sites excluding steroid dienone is 2. The van der Waals surface area contributed by atoms with Gasteiger partial charge in [0.2, 0.25) is 0 Å². The Morgan fingerprint density at radius 2 is 2.22 bits per heavy atom. The molecule has 0 unspecified atom stereocenters. The van der Waals surface area contributed by atoms with Gasteiger partial charge in [-0.25, -0.2) is 0 Å². The normalized spacial score (nSPS) is 13.8. The molecular formula is C15H16N2O. The van der Waals surface area contributed by atoms with Gasteiger partial charge in [-0.05, 0) is 35.3 Å². The third-order valence-electron chi connectivity index (χ3n) is 3.04. The van der Waals surface area contributed by atoms with Crippen LogP contribution in [0.15, 0.2) is 35.3 Å². The van der Waals surface area contributed by atoms with Gasteiger partial charge in [0.1, 0.15) is 6.29 Å². The van der Waals surface area contributed by atoms with Crippen molar-refractivity contribution in [1.82, 2.24) is 0 Å². The highest BCUT2D eigenvalue weighted by molar-refractivity contribution is 6.47. The fourth-order valence-corrected chi connectivity index (χ4v) is 1.97. The number of aliphatic imine (C=N–C) groups is 1. The molecule has 0 saturated heterocycles. The second kappa shape index (κ2) is 5.08. The van der Waals surface area contributed by atoms with E-state index < -0.39 is 0 Å². The van der Waals surface area contributed by atoms with Gasteiger partial charge in [0.05, 0.1) is 17.1 Å². The van der Waals surface area contributed by atoms with E-state index in [9.17, 15) is 4.79 Å². The van der Waals surface area contributed by atoms with Crippen molar-refractivity contribution in [1.29, 1.82) is 5.41 Å². The van der Waals surface area contributed by atoms with Gasteiger partial charge in [0.15, 0.2) is 0 Å². The number of benzene rings is 1. The number of carbonyl (C=O) groups excluding carboxylic acids is 1. The van der Waals surface area contributed by atoms with Crippen LogP contribution in [0.4, 0.5) is 5.69 Å². The van der Waals surface area contributed by atoms with Gasteiger partial charge < -0.3 is 0 Å². The van der Waals surface area contributed by atoms with Gasteiger partial charge in [0, 0.05) is 6.42 Å². The highest BCUT2D eigenvalue weighted by Crippen LogP contribution is 2.30. The lowest BCUT2D eigenvalue weighted by Gasteiger charge is -2.06. The summed E-state index contributed by atoms with van der Waals surface area (Å²) in [6, 6.07) is 6.25. The third kappa shape index (κ3) is 2.45. The molecule has 0 spiro atoms. The van der Waals surface area contributed by atoms with Crippen LogP contribution in [0.1, 0.15) is 30.9 Å². The van der Waals surface area contributed by atoms with Crippen LogP contribution in [-0.2, 0) is 11.2 Å². The first kappa shape index (κ1) is 12.4. The maximum Gasteiger partial charge on any atom is 0.142 e. The maximum absolute atomic E-state index is 10.2. The zero-order valence-electron chi connectivity index (χ0n) is 10.6. The minimum absolute atomic E-state index is 0.310. The first-order chi connectivity index (χ1) is 8.61. The summed E-state index contributed by atoms with van der Waals surface area (Å²) in [6.45, 7) is 4.32. The Balaban J connectivity index is 2.22. The van der Waals surface area contributed by atoms with Crippen molar-refractivity contribution in [3.05, 3.63) is 41.5 Å². The van der Waals surface area contributed by atoms with E-state index in [1.54, 1.807) is 0 Å². The van der Waals surface area contributed by atoms with Crippen molar-refractivity contribution >= 4 is 23.4 Å². The van der Waals surface area contributed by atoms with E-state index in [1.165, 1.54) is 23.3 Å². The Bertz CT molecular complexity index is 554. The fraction of sp³-hybridized carbons (Fsp3) is 0.267. The molecule has 0 amide bonds. The molecule has 0 bridgehead atoms. The number of carbonyl (C=O) groups is 1. The molecule has 2 rings (SSSR count). The summed E-state index contributed by atoms with van der Waals surface area (Å²) in [4.78, 5) is 14.7. The molecule has 0 aliphatic carbocycles. The summed E-state index contributed by atoms with van der Waals surface area (Å²) in [6.07, 6.45) is 4.17. The number of nitrogens with one attached hydrogen (secondary N) is 1. The van der Waals surface area contributed by atoms with Crippen molar-refractivity contribution < 1.29 is 4.79 Å². The molecule has 1 aromatic carbocycles. The quantitative estimate of drug-likeness (QED) is 0.490. The second-order valence-electron chi connectivity index (χ2n) is 4.69. The lowest BCUT2D eigenvalue weighted by atomic mass is 9.98. The van der Waals surface area contributed by atoms with Crippen molar-refractivity contribution in [2.24, 2.45) is 4.99 Å². The highest BCUT2D eigenvalue weighted by Gasteiger charge is 2.17. The molecule has 3 heteroatoms. The standard InChI is InChI=1S/C15H16N2O/c1-10(2)11-5-6-14-12(8-11)9-15(17-14)13(16)4-3-7-18/h3-8,10,16H,9H2,1-2H3/b4-3-,16-13?. The average Bonchev–Trinajstić information content (AvgIpc) is 2.78. The number of hydrogen-bond acceptors (Lipinski definition) is 3. The molecule has 1 N–H and O–H groups in total. The van der Waals surface area contributed by atoms with Gasteiger partial charge in [-0.2, -0.15) is 0 Å². The van der Waals surface area contributed by atoms with Gasteiger partial charge in [-0.15, -0.1) is 0 Å². The summed E-state index contributed by atoms with van der Waals surface area (Å²) in [5.41, 5.74) is 4.44. The third-order valence-corrected chi connectivity index (χ3v) is 3.04. The number of hydrogen-bond donors (Lipinski definition) is 1. The van der Waals surface area contributed by atoms with Crippen LogP contribution in [-0.4, -0.2) is 17.7 Å². The Morgan fingerprint density at radius 1 is 1.44 bits per heavy atom. The number of aldehydes is 1. The molecular weight excluding hydrogens is 224 g/mol. The molecule has 1 aliphatic heterocycles. The van der Waals surface area contributed by atoms with E-state index >= 15 is 0 Å². The lowest BCUT2D eigenvalue weighted by Crippen LogP contribution is -2.10. The minimum atomic E-state index is 0.310. The van der Waals surface area contributed by atoms with Gasteiger partial charge in [-0.3, -0.25) is 15.2 Å². The van der Waals surface area contributed by atoms with Gasteiger partial charge in [-0.1, -0.05) is 26.0 Å². The van der Waals surface area contributed by atoms with E-state index in [-0.39, 0.29) is 0 Å². The lowest BCUT2D eigenvalue weighted by molar-refractivity contribution is -0.104. The smallest absolute Gasteiger partial charge is 0.142 e. The maximum atomic E-state index is 10.2. The van der Waals surface area contributed by atoms with E-state index in [4.69, 9.17) is 5.41 Å². The molecule has 92 valence electrons. The van der Waals surface area contributed by atoms with E-state index in [2.05, 4.69) is 31.0 Å². The van der Waals surface area contributed by atoms with Crippen LogP contribution in [0.2, 0.25) is 0 Å². The molecule has 0 saturated carbocycles. The Morgan fingerprint density at radius 3 is 2.89 bits per heavy atom. The molecule has 0 fully saturated rings. The number of nitrogens with zero attached hydrogens (tertiary/aromatic N) is 1. The van der Waals surface area contributed by atoms with E-state index in [0.717, 1.165) is 11.4 Å². The largest absolute Gasteiger partial charge is 0.299 e. The van der Waals surface area contributed by atoms with Gasteiger partial charge in [0.25, 0.3) is 0 Å². The van der Waals surface area contributed by atoms with E-state index in [0.29, 0.717) is 24.3 Å². The topological polar surface area (TPSA) is 53.3 Å². The molecule has 1 aliphatic rings. The fourth-order valence-electron chi connectivity index (χ4n) is 1.97. The molecule has 18 heavy (non-hydrogen) atoms. The molecule has 1 heterocycles. The number of rotatable bonds is 4. The summed E-state index contributed by atoms with van der Waals surface area (Å²) < 4.78 is 0. The zero-order chi connectivity index (χ0) is 13.1. The minimum Gasteiger partial charge on any atom is -0.299 e. The predicted molar refractivity (Wildman–Crippen MR) is 74.3 cm³/mol. The Labute approximate surface area is 107 Å². The molecule has 1 aromatic rings. The summed E-state index contributed by atoms with van der Waals surface area (Å²) in [5, 5.41) is 7.83. The van der Waals surface area contributed by atoms with Crippen LogP contribution < -0.4 is 0 Å². The molecule has 0 aromatic heterocycles. The molecule has 3 nitrogen and oxygen atoms in total. The molecule has 0 radical (unpaired) electrons. The van der Waals surface area contributed by atoms with Crippen molar-refractivity contribution in [2.75, 3.05) is 0 Å². The van der Waals surface area contributed by atoms with E-state index in [1.807, 2.05) is 6.07 Å². The molecule has 0 atom stereocenters. The second-order valence-corrected chi connectivity index (χ2v) is 4.69. The summed E-state index contributed by atoms with van der Waals surface area (Å²) in [7, 11) is 0. The van der Waals surface area contributed by atoms with Crippen molar-refractivity contribution in [2.45, 2.75) is 26.2 Å². The van der Waals surface area contributed by atoms with Crippen LogP contribution >= 0.6 is 0 Å². The Hall–Kier alpha value is -2.03. The van der Waals surface area contributed by atoms with Crippen molar-refractivity contribution in [3.8, 4) is 0 Å². The summed E-state index contributed by atoms with van der Waals surface area (Å²) in [5.74, 6) is 0.494. The predicted octanol–water partition coefficient (Wildman–Crippen LogP) is 3.21. The van der Waals surface area contributed by atoms with Crippen LogP contribution in [0.3, 0.4) is 0 Å². The zero-order valence-corrected chi connectivity index (χ0v) is 10.6. The SMILES string of the molecule is CC(C)c1ccc2c(c1)CC(C(=N)/C=C\C=O)=N2. The van der Waals surface area contributed by atoms with Crippen LogP contribution in [0, 0.1) is 5.41 Å².